The molecule has 54 heavy (non-hydrogen) atoms. The summed E-state index contributed by atoms with van der Waals surface area (Å²) >= 11 is 0. The smallest absolute Gasteiger partial charge is 0.136 e. The van der Waals surface area contributed by atoms with Crippen LogP contribution in [0.1, 0.15) is 25.0 Å². The zero-order chi connectivity index (χ0) is 35.7. The second-order valence-corrected chi connectivity index (χ2v) is 15.5. The molecule has 11 aromatic rings. The molecule has 0 saturated heterocycles. The van der Waals surface area contributed by atoms with Gasteiger partial charge in [0.1, 0.15) is 11.2 Å². The first-order valence-corrected chi connectivity index (χ1v) is 18.9. The van der Waals surface area contributed by atoms with Gasteiger partial charge in [-0.05, 0) is 123 Å². The molecule has 0 fully saturated rings. The highest BCUT2D eigenvalue weighted by atomic mass is 16.3. The Morgan fingerprint density at radius 2 is 0.852 bits per heavy atom. The van der Waals surface area contributed by atoms with Gasteiger partial charge in [-0.25, -0.2) is 0 Å². The minimum Gasteiger partial charge on any atom is -0.456 e. The average Bonchev–Trinajstić information content (AvgIpc) is 3.71. The van der Waals surface area contributed by atoms with Crippen LogP contribution >= 0.6 is 0 Å². The van der Waals surface area contributed by atoms with Gasteiger partial charge in [0.15, 0.2) is 0 Å². The van der Waals surface area contributed by atoms with Crippen molar-refractivity contribution in [1.29, 1.82) is 0 Å². The van der Waals surface area contributed by atoms with Crippen LogP contribution in [0.4, 0.5) is 0 Å². The number of hydrogen-bond acceptors (Lipinski definition) is 1. The minimum atomic E-state index is -0.137. The summed E-state index contributed by atoms with van der Waals surface area (Å²) in [5.41, 5.74) is 12.2. The maximum atomic E-state index is 6.43. The molecule has 10 aromatic carbocycles. The maximum absolute atomic E-state index is 6.43. The second-order valence-electron chi connectivity index (χ2n) is 15.5. The summed E-state index contributed by atoms with van der Waals surface area (Å²) < 4.78 is 6.43. The van der Waals surface area contributed by atoms with E-state index in [0.717, 1.165) is 16.6 Å². The first kappa shape index (κ1) is 29.8. The highest BCUT2D eigenvalue weighted by Crippen LogP contribution is 2.56. The van der Waals surface area contributed by atoms with Crippen molar-refractivity contribution in [3.63, 3.8) is 0 Å². The maximum Gasteiger partial charge on any atom is 0.136 e. The van der Waals surface area contributed by atoms with Crippen molar-refractivity contribution in [2.45, 2.75) is 19.3 Å². The Balaban J connectivity index is 1.14. The van der Waals surface area contributed by atoms with Gasteiger partial charge in [0.05, 0.1) is 0 Å². The molecule has 1 heterocycles. The fourth-order valence-electron chi connectivity index (χ4n) is 10.1. The molecule has 1 aliphatic rings. The third-order valence-corrected chi connectivity index (χ3v) is 12.4. The molecule has 12 rings (SSSR count). The fraction of sp³-hybridized carbons (Fsp3) is 0.0566. The number of rotatable bonds is 2. The molecule has 0 spiro atoms. The van der Waals surface area contributed by atoms with Crippen LogP contribution in [-0.2, 0) is 5.41 Å². The monoisotopic (exact) mass is 686 g/mol. The highest BCUT2D eigenvalue weighted by Gasteiger charge is 2.38. The van der Waals surface area contributed by atoms with Crippen LogP contribution in [0.5, 0.6) is 0 Å². The second kappa shape index (κ2) is 10.7. The van der Waals surface area contributed by atoms with Crippen molar-refractivity contribution in [3.8, 4) is 33.4 Å². The van der Waals surface area contributed by atoms with Gasteiger partial charge in [-0.1, -0.05) is 159 Å². The van der Waals surface area contributed by atoms with E-state index in [1.807, 2.05) is 0 Å². The number of fused-ring (bicyclic) bond motifs is 15. The van der Waals surface area contributed by atoms with E-state index < -0.39 is 0 Å². The van der Waals surface area contributed by atoms with Crippen molar-refractivity contribution in [2.75, 3.05) is 0 Å². The molecule has 0 unspecified atom stereocenters. The van der Waals surface area contributed by atoms with Crippen LogP contribution in [0, 0.1) is 0 Å². The van der Waals surface area contributed by atoms with Crippen molar-refractivity contribution in [1.82, 2.24) is 0 Å². The molecular formula is C53H34O. The number of benzene rings is 10. The van der Waals surface area contributed by atoms with Gasteiger partial charge in [-0.2, -0.15) is 0 Å². The summed E-state index contributed by atoms with van der Waals surface area (Å²) in [4.78, 5) is 0. The third-order valence-electron chi connectivity index (χ3n) is 12.4. The Morgan fingerprint density at radius 1 is 0.370 bits per heavy atom. The van der Waals surface area contributed by atoms with E-state index in [-0.39, 0.29) is 5.41 Å². The summed E-state index contributed by atoms with van der Waals surface area (Å²) in [6.07, 6.45) is 0. The van der Waals surface area contributed by atoms with E-state index in [9.17, 15) is 0 Å². The summed E-state index contributed by atoms with van der Waals surface area (Å²) in [6.45, 7) is 4.81. The van der Waals surface area contributed by atoms with Crippen molar-refractivity contribution >= 4 is 75.8 Å². The number of furan rings is 1. The van der Waals surface area contributed by atoms with E-state index in [0.29, 0.717) is 0 Å². The van der Waals surface area contributed by atoms with E-state index in [1.165, 1.54) is 104 Å². The van der Waals surface area contributed by atoms with E-state index in [1.54, 1.807) is 0 Å². The van der Waals surface area contributed by atoms with Crippen LogP contribution in [0.2, 0.25) is 0 Å². The van der Waals surface area contributed by atoms with Gasteiger partial charge >= 0.3 is 0 Å². The first-order valence-electron chi connectivity index (χ1n) is 18.9. The Morgan fingerprint density at radius 3 is 1.50 bits per heavy atom. The Hall–Kier alpha value is -6.70. The molecule has 0 bridgehead atoms. The minimum absolute atomic E-state index is 0.137. The van der Waals surface area contributed by atoms with Crippen LogP contribution in [-0.4, -0.2) is 0 Å². The van der Waals surface area contributed by atoms with Crippen LogP contribution in [0.25, 0.3) is 109 Å². The zero-order valence-electron chi connectivity index (χ0n) is 30.1. The van der Waals surface area contributed by atoms with Crippen LogP contribution in [0.3, 0.4) is 0 Å². The largest absolute Gasteiger partial charge is 0.456 e. The van der Waals surface area contributed by atoms with Gasteiger partial charge in [0.25, 0.3) is 0 Å². The summed E-state index contributed by atoms with van der Waals surface area (Å²) in [5.74, 6) is 0. The van der Waals surface area contributed by atoms with Crippen LogP contribution < -0.4 is 0 Å². The summed E-state index contributed by atoms with van der Waals surface area (Å²) in [5, 5.41) is 15.1. The summed E-state index contributed by atoms with van der Waals surface area (Å²) in [6, 6.07) is 62.8. The lowest BCUT2D eigenvalue weighted by Crippen LogP contribution is -2.15. The number of hydrogen-bond donors (Lipinski definition) is 0. The van der Waals surface area contributed by atoms with Crippen molar-refractivity contribution in [3.05, 3.63) is 181 Å². The van der Waals surface area contributed by atoms with Crippen LogP contribution in [0.15, 0.2) is 174 Å². The highest BCUT2D eigenvalue weighted by molar-refractivity contribution is 6.24. The van der Waals surface area contributed by atoms with E-state index >= 15 is 0 Å². The summed E-state index contributed by atoms with van der Waals surface area (Å²) in [7, 11) is 0. The molecule has 1 nitrogen and oxygen atoms in total. The van der Waals surface area contributed by atoms with E-state index in [2.05, 4.69) is 184 Å². The van der Waals surface area contributed by atoms with Crippen molar-refractivity contribution < 1.29 is 4.42 Å². The lowest BCUT2D eigenvalue weighted by molar-refractivity contribution is 0.666. The predicted octanol–water partition coefficient (Wildman–Crippen LogP) is 15.0. The molecule has 0 amide bonds. The topological polar surface area (TPSA) is 13.1 Å². The molecule has 0 radical (unpaired) electrons. The molecule has 0 saturated carbocycles. The van der Waals surface area contributed by atoms with Gasteiger partial charge in [0.2, 0.25) is 0 Å². The van der Waals surface area contributed by atoms with Gasteiger partial charge in [-0.15, -0.1) is 0 Å². The molecule has 1 aromatic heterocycles. The molecule has 1 heteroatoms. The molecule has 0 atom stereocenters. The Bertz CT molecular complexity index is 3350. The average molecular weight is 687 g/mol. The quantitative estimate of drug-likeness (QED) is 0.130. The zero-order valence-corrected chi connectivity index (χ0v) is 30.1. The SMILES string of the molecule is CC1(C)c2ccc(-c3c4ccccc4c(-c4ccc5oc6ccc7ccccc7c6c5c4)c4ccccc34)cc2-c2c1c1ccccc1c1ccccc21. The first-order chi connectivity index (χ1) is 26.6. The lowest BCUT2D eigenvalue weighted by atomic mass is 9.79. The molecule has 0 aliphatic heterocycles. The molecule has 1 aliphatic carbocycles. The van der Waals surface area contributed by atoms with Crippen molar-refractivity contribution in [2.24, 2.45) is 0 Å². The molecule has 252 valence electrons. The van der Waals surface area contributed by atoms with E-state index in [4.69, 9.17) is 4.42 Å². The van der Waals surface area contributed by atoms with Gasteiger partial charge < -0.3 is 4.42 Å². The third kappa shape index (κ3) is 3.88. The van der Waals surface area contributed by atoms with Gasteiger partial charge in [0, 0.05) is 16.2 Å². The normalized spacial score (nSPS) is 13.5. The Labute approximate surface area is 312 Å². The fourth-order valence-corrected chi connectivity index (χ4v) is 10.1. The Kier molecular flexibility index (Phi) is 5.90. The molecular weight excluding hydrogens is 653 g/mol. The lowest BCUT2D eigenvalue weighted by Gasteiger charge is -2.24. The predicted molar refractivity (Wildman–Crippen MR) is 230 cm³/mol. The standard InChI is InChI=1S/C53H34O/c1-53(2)45-26-23-32(29-43(45)51-37-17-7-5-15-35(37)36-16-6-12-22-42(36)52(51)53)48-38-18-8-10-20-40(38)49(41-21-11-9-19-39(41)48)33-25-27-46-44(30-33)50-34-14-4-3-13-31(34)24-28-47(50)54-46/h3-30H,1-2H3. The van der Waals surface area contributed by atoms with Gasteiger partial charge in [-0.3, -0.25) is 0 Å². The molecule has 0 N–H and O–H groups in total.